The number of nitrogens with one attached hydrogen (secondary N) is 1. The SMILES string of the molecule is CSC(=NCS(C)(C)C)c1ccc(C(=O)NC2CSC2)c(C)c1. The van der Waals surface area contributed by atoms with Crippen molar-refractivity contribution >= 4 is 44.5 Å². The fourth-order valence-corrected chi connectivity index (χ4v) is 3.95. The highest BCUT2D eigenvalue weighted by Gasteiger charge is 2.21. The summed E-state index contributed by atoms with van der Waals surface area (Å²) in [5.74, 6) is 2.98. The Labute approximate surface area is 149 Å². The molecule has 1 saturated heterocycles. The van der Waals surface area contributed by atoms with Gasteiger partial charge in [0.2, 0.25) is 0 Å². The van der Waals surface area contributed by atoms with E-state index in [0.29, 0.717) is 6.04 Å². The summed E-state index contributed by atoms with van der Waals surface area (Å²) in [5.41, 5.74) is 2.89. The molecule has 0 unspecified atom stereocenters. The van der Waals surface area contributed by atoms with Crippen LogP contribution in [0.15, 0.2) is 23.2 Å². The Hall–Kier alpha value is -0.590. The van der Waals surface area contributed by atoms with E-state index in [1.807, 2.05) is 30.8 Å². The van der Waals surface area contributed by atoms with Gasteiger partial charge in [-0.05, 0) is 49.6 Å². The van der Waals surface area contributed by atoms with E-state index >= 15 is 0 Å². The normalized spacial score (nSPS) is 16.8. The zero-order chi connectivity index (χ0) is 17.0. The third-order valence-corrected chi connectivity index (χ3v) is 6.41. The van der Waals surface area contributed by atoms with Crippen LogP contribution in [-0.4, -0.2) is 59.4 Å². The molecule has 1 aromatic rings. The Morgan fingerprint density at radius 2 is 2.09 bits per heavy atom. The van der Waals surface area contributed by atoms with Gasteiger partial charge in [-0.1, -0.05) is 6.07 Å². The van der Waals surface area contributed by atoms with Crippen molar-refractivity contribution in [1.82, 2.24) is 5.32 Å². The van der Waals surface area contributed by atoms with E-state index < -0.39 is 10.0 Å². The summed E-state index contributed by atoms with van der Waals surface area (Å²) >= 11 is 3.54. The average Bonchev–Trinajstić information content (AvgIpc) is 2.42. The number of thioether (sulfide) groups is 2. The molecule has 1 aliphatic heterocycles. The van der Waals surface area contributed by atoms with Gasteiger partial charge >= 0.3 is 0 Å². The maximum Gasteiger partial charge on any atom is 0.251 e. The highest BCUT2D eigenvalue weighted by molar-refractivity contribution is 8.32. The molecule has 6 heteroatoms. The van der Waals surface area contributed by atoms with Crippen LogP contribution in [0.2, 0.25) is 0 Å². The van der Waals surface area contributed by atoms with E-state index in [4.69, 9.17) is 4.99 Å². The highest BCUT2D eigenvalue weighted by atomic mass is 32.3. The molecule has 0 spiro atoms. The van der Waals surface area contributed by atoms with Gasteiger partial charge in [0.05, 0.1) is 10.9 Å². The highest BCUT2D eigenvalue weighted by Crippen LogP contribution is 2.34. The van der Waals surface area contributed by atoms with Crippen LogP contribution in [-0.2, 0) is 0 Å². The van der Waals surface area contributed by atoms with Gasteiger partial charge in [0.15, 0.2) is 0 Å². The van der Waals surface area contributed by atoms with Crippen LogP contribution >= 0.6 is 33.6 Å². The molecular weight excluding hydrogens is 344 g/mol. The number of benzene rings is 1. The molecular formula is C17H26N2OS3. The van der Waals surface area contributed by atoms with Gasteiger partial charge in [0.25, 0.3) is 5.91 Å². The molecule has 0 bridgehead atoms. The number of aliphatic imine (C=N–C) groups is 1. The molecule has 1 aliphatic rings. The van der Waals surface area contributed by atoms with Crippen molar-refractivity contribution in [3.63, 3.8) is 0 Å². The molecule has 0 atom stereocenters. The molecule has 1 heterocycles. The summed E-state index contributed by atoms with van der Waals surface area (Å²) in [6.45, 7) is 2.00. The van der Waals surface area contributed by atoms with Crippen LogP contribution in [0, 0.1) is 6.92 Å². The van der Waals surface area contributed by atoms with Crippen molar-refractivity contribution < 1.29 is 4.79 Å². The monoisotopic (exact) mass is 370 g/mol. The minimum absolute atomic E-state index is 0.0427. The summed E-state index contributed by atoms with van der Waals surface area (Å²) in [5, 5.41) is 4.14. The minimum Gasteiger partial charge on any atom is -0.348 e. The van der Waals surface area contributed by atoms with Gasteiger partial charge in [0, 0.05) is 28.7 Å². The van der Waals surface area contributed by atoms with Gasteiger partial charge < -0.3 is 5.32 Å². The van der Waals surface area contributed by atoms with Gasteiger partial charge in [-0.25, -0.2) is 10.0 Å². The predicted molar refractivity (Wildman–Crippen MR) is 110 cm³/mol. The zero-order valence-corrected chi connectivity index (χ0v) is 17.0. The number of carbonyl (C=O) groups is 1. The molecule has 1 fully saturated rings. The molecule has 128 valence electrons. The number of aryl methyl sites for hydroxylation is 1. The molecule has 3 nitrogen and oxygen atoms in total. The lowest BCUT2D eigenvalue weighted by atomic mass is 10.0. The van der Waals surface area contributed by atoms with Crippen molar-refractivity contribution in [2.45, 2.75) is 13.0 Å². The fraction of sp³-hybridized carbons (Fsp3) is 0.529. The van der Waals surface area contributed by atoms with Gasteiger partial charge in [-0.2, -0.15) is 11.8 Å². The fourth-order valence-electron chi connectivity index (χ4n) is 2.16. The van der Waals surface area contributed by atoms with Crippen LogP contribution < -0.4 is 5.32 Å². The topological polar surface area (TPSA) is 41.5 Å². The smallest absolute Gasteiger partial charge is 0.251 e. The van der Waals surface area contributed by atoms with E-state index in [2.05, 4.69) is 36.4 Å². The van der Waals surface area contributed by atoms with E-state index in [0.717, 1.165) is 39.1 Å². The van der Waals surface area contributed by atoms with Gasteiger partial charge in [-0.3, -0.25) is 9.79 Å². The van der Waals surface area contributed by atoms with E-state index in [-0.39, 0.29) is 5.91 Å². The molecule has 1 aromatic carbocycles. The molecule has 1 N–H and O–H groups in total. The van der Waals surface area contributed by atoms with Crippen LogP contribution in [0.25, 0.3) is 0 Å². The maximum atomic E-state index is 12.3. The van der Waals surface area contributed by atoms with Crippen molar-refractivity contribution in [2.24, 2.45) is 4.99 Å². The molecule has 23 heavy (non-hydrogen) atoms. The third-order valence-electron chi connectivity index (χ3n) is 3.48. The van der Waals surface area contributed by atoms with Crippen molar-refractivity contribution in [1.29, 1.82) is 0 Å². The second kappa shape index (κ2) is 7.99. The molecule has 0 saturated carbocycles. The van der Waals surface area contributed by atoms with Crippen LogP contribution in [0.4, 0.5) is 0 Å². The first kappa shape index (κ1) is 18.7. The summed E-state index contributed by atoms with van der Waals surface area (Å²) in [6.07, 6.45) is 8.87. The first-order valence-corrected chi connectivity index (χ1v) is 12.9. The lowest BCUT2D eigenvalue weighted by Crippen LogP contribution is -2.44. The first-order chi connectivity index (χ1) is 10.8. The lowest BCUT2D eigenvalue weighted by molar-refractivity contribution is 0.0942. The number of hydrogen-bond acceptors (Lipinski definition) is 4. The third kappa shape index (κ3) is 5.47. The number of nitrogens with zero attached hydrogens (tertiary/aromatic N) is 1. The summed E-state index contributed by atoms with van der Waals surface area (Å²) in [7, 11) is -0.646. The second-order valence-corrected chi connectivity index (χ2v) is 12.9. The largest absolute Gasteiger partial charge is 0.348 e. The van der Waals surface area contributed by atoms with Crippen LogP contribution in [0.1, 0.15) is 21.5 Å². The Morgan fingerprint density at radius 1 is 1.39 bits per heavy atom. The number of hydrogen-bond donors (Lipinski definition) is 1. The Bertz CT molecular complexity index is 604. The summed E-state index contributed by atoms with van der Waals surface area (Å²) < 4.78 is 0. The van der Waals surface area contributed by atoms with E-state index in [9.17, 15) is 4.79 Å². The summed E-state index contributed by atoms with van der Waals surface area (Å²) in [4.78, 5) is 17.1. The van der Waals surface area contributed by atoms with Gasteiger partial charge in [0.1, 0.15) is 0 Å². The average molecular weight is 371 g/mol. The molecule has 0 aromatic heterocycles. The van der Waals surface area contributed by atoms with E-state index in [1.165, 1.54) is 0 Å². The van der Waals surface area contributed by atoms with Crippen molar-refractivity contribution in [2.75, 3.05) is 42.4 Å². The predicted octanol–water partition coefficient (Wildman–Crippen LogP) is 3.60. The molecule has 1 amide bonds. The number of carbonyl (C=O) groups excluding carboxylic acids is 1. The Morgan fingerprint density at radius 3 is 2.57 bits per heavy atom. The zero-order valence-electron chi connectivity index (χ0n) is 14.5. The van der Waals surface area contributed by atoms with Gasteiger partial charge in [-0.15, -0.1) is 11.8 Å². The second-order valence-electron chi connectivity index (χ2n) is 6.62. The number of amides is 1. The lowest BCUT2D eigenvalue weighted by Gasteiger charge is -2.26. The van der Waals surface area contributed by atoms with E-state index in [1.54, 1.807) is 11.8 Å². The van der Waals surface area contributed by atoms with Crippen LogP contribution in [0.3, 0.4) is 0 Å². The molecule has 0 radical (unpaired) electrons. The standard InChI is InChI=1S/C17H26N2OS3/c1-12-8-13(17(21-2)18-11-23(3,4)5)6-7-15(12)16(20)19-14-9-22-10-14/h6-8,14H,9-11H2,1-5H3,(H,19,20). The Kier molecular flexibility index (Phi) is 6.51. The first-order valence-electron chi connectivity index (χ1n) is 7.54. The number of rotatable bonds is 5. The minimum atomic E-state index is -0.646. The maximum absolute atomic E-state index is 12.3. The van der Waals surface area contributed by atoms with Crippen molar-refractivity contribution in [3.05, 3.63) is 34.9 Å². The molecule has 0 aliphatic carbocycles. The summed E-state index contributed by atoms with van der Waals surface area (Å²) in [6, 6.07) is 6.37. The van der Waals surface area contributed by atoms with Crippen LogP contribution in [0.5, 0.6) is 0 Å². The molecule has 2 rings (SSSR count). The quantitative estimate of drug-likeness (QED) is 0.636. The van der Waals surface area contributed by atoms with Crippen molar-refractivity contribution in [3.8, 4) is 0 Å². The Balaban J connectivity index is 2.14.